The maximum Gasteiger partial charge on any atom is 0.254 e. The summed E-state index contributed by atoms with van der Waals surface area (Å²) in [6.07, 6.45) is 0.465. The van der Waals surface area contributed by atoms with E-state index in [1.54, 1.807) is 11.0 Å². The van der Waals surface area contributed by atoms with Crippen molar-refractivity contribution in [2.75, 3.05) is 40.4 Å². The van der Waals surface area contributed by atoms with E-state index in [4.69, 9.17) is 21.1 Å². The number of nitrogens with zero attached hydrogens (tertiary/aromatic N) is 2. The average molecular weight is 457 g/mol. The highest BCUT2D eigenvalue weighted by Crippen LogP contribution is 2.36. The summed E-state index contributed by atoms with van der Waals surface area (Å²) in [5, 5.41) is 0.246. The molecule has 0 saturated carbocycles. The molecule has 3 rings (SSSR count). The van der Waals surface area contributed by atoms with Gasteiger partial charge in [0.15, 0.2) is 11.5 Å². The van der Waals surface area contributed by atoms with Crippen LogP contribution in [0.4, 0.5) is 4.39 Å². The highest BCUT2D eigenvalue weighted by molar-refractivity contribution is 7.89. The Bertz CT molecular complexity index is 1030. The molecule has 1 amide bonds. The van der Waals surface area contributed by atoms with Gasteiger partial charge in [0.2, 0.25) is 10.0 Å². The molecule has 1 aliphatic rings. The monoisotopic (exact) mass is 456 g/mol. The lowest BCUT2D eigenvalue weighted by Gasteiger charge is -2.22. The number of ether oxygens (including phenoxy) is 2. The molecule has 0 atom stereocenters. The fourth-order valence-corrected chi connectivity index (χ4v) is 5.07. The Kier molecular flexibility index (Phi) is 6.84. The maximum absolute atomic E-state index is 13.1. The molecule has 30 heavy (non-hydrogen) atoms. The van der Waals surface area contributed by atoms with Crippen molar-refractivity contribution in [3.8, 4) is 11.5 Å². The number of benzene rings is 2. The zero-order valence-corrected chi connectivity index (χ0v) is 18.2. The molecule has 0 bridgehead atoms. The minimum absolute atomic E-state index is 0.0235. The van der Waals surface area contributed by atoms with E-state index < -0.39 is 15.8 Å². The summed E-state index contributed by atoms with van der Waals surface area (Å²) in [7, 11) is -0.866. The second-order valence-electron chi connectivity index (χ2n) is 6.70. The van der Waals surface area contributed by atoms with Gasteiger partial charge < -0.3 is 14.4 Å². The first kappa shape index (κ1) is 22.3. The molecule has 10 heteroatoms. The normalized spacial score (nSPS) is 15.5. The quantitative estimate of drug-likeness (QED) is 0.691. The molecule has 162 valence electrons. The third kappa shape index (κ3) is 4.53. The van der Waals surface area contributed by atoms with E-state index in [-0.39, 0.29) is 35.5 Å². The van der Waals surface area contributed by atoms with E-state index in [0.717, 1.165) is 12.1 Å². The van der Waals surface area contributed by atoms with Gasteiger partial charge in [-0.1, -0.05) is 11.6 Å². The van der Waals surface area contributed by atoms with Gasteiger partial charge in [-0.25, -0.2) is 12.8 Å². The van der Waals surface area contributed by atoms with Crippen LogP contribution in [0.1, 0.15) is 16.8 Å². The number of rotatable bonds is 5. The largest absolute Gasteiger partial charge is 0.493 e. The Morgan fingerprint density at radius 3 is 2.37 bits per heavy atom. The van der Waals surface area contributed by atoms with Gasteiger partial charge in [-0.3, -0.25) is 4.79 Å². The first-order valence-electron chi connectivity index (χ1n) is 9.24. The fourth-order valence-electron chi connectivity index (χ4n) is 3.32. The van der Waals surface area contributed by atoms with Crippen LogP contribution in [0.15, 0.2) is 41.3 Å². The summed E-state index contributed by atoms with van der Waals surface area (Å²) in [5.41, 5.74) is 0.326. The van der Waals surface area contributed by atoms with E-state index >= 15 is 0 Å². The van der Waals surface area contributed by atoms with Crippen molar-refractivity contribution in [3.63, 3.8) is 0 Å². The Hall–Kier alpha value is -2.36. The average Bonchev–Trinajstić information content (AvgIpc) is 2.99. The van der Waals surface area contributed by atoms with E-state index in [2.05, 4.69) is 0 Å². The number of hydrogen-bond donors (Lipinski definition) is 0. The standard InChI is InChI=1S/C20H22ClFN2O5S/c1-28-18-13-14(12-17(21)19(18)29-2)20(25)23-8-3-9-24(11-10-23)30(26,27)16-6-4-15(22)5-7-16/h4-7,12-13H,3,8-11H2,1-2H3. The molecule has 2 aromatic rings. The molecule has 1 fully saturated rings. The molecule has 0 aliphatic carbocycles. The zero-order valence-electron chi connectivity index (χ0n) is 16.6. The molecule has 0 aromatic heterocycles. The van der Waals surface area contributed by atoms with E-state index in [0.29, 0.717) is 30.0 Å². The molecule has 2 aromatic carbocycles. The number of methoxy groups -OCH3 is 2. The Balaban J connectivity index is 1.77. The van der Waals surface area contributed by atoms with Crippen LogP contribution in [0.5, 0.6) is 11.5 Å². The lowest BCUT2D eigenvalue weighted by Crippen LogP contribution is -2.37. The van der Waals surface area contributed by atoms with Crippen LogP contribution in [0.25, 0.3) is 0 Å². The first-order chi connectivity index (χ1) is 14.3. The maximum atomic E-state index is 13.1. The van der Waals surface area contributed by atoms with Crippen LogP contribution in [0, 0.1) is 5.82 Å². The molecule has 0 unspecified atom stereocenters. The lowest BCUT2D eigenvalue weighted by atomic mass is 10.1. The molecular formula is C20H22ClFN2O5S. The summed E-state index contributed by atoms with van der Waals surface area (Å²) in [4.78, 5) is 14.6. The van der Waals surface area contributed by atoms with Gasteiger partial charge in [0.05, 0.1) is 24.1 Å². The molecule has 7 nitrogen and oxygen atoms in total. The van der Waals surface area contributed by atoms with Crippen LogP contribution in [-0.4, -0.2) is 63.9 Å². The Morgan fingerprint density at radius 2 is 1.73 bits per heavy atom. The zero-order chi connectivity index (χ0) is 21.9. The number of amides is 1. The summed E-state index contributed by atoms with van der Waals surface area (Å²) in [6.45, 7) is 0.994. The van der Waals surface area contributed by atoms with Gasteiger partial charge in [0.1, 0.15) is 5.82 Å². The van der Waals surface area contributed by atoms with Crippen molar-refractivity contribution >= 4 is 27.5 Å². The molecule has 0 N–H and O–H groups in total. The minimum Gasteiger partial charge on any atom is -0.493 e. The molecule has 1 heterocycles. The Labute approximate surface area is 180 Å². The third-order valence-corrected chi connectivity index (χ3v) is 7.07. The number of halogens is 2. The predicted molar refractivity (Wildman–Crippen MR) is 110 cm³/mol. The fraction of sp³-hybridized carbons (Fsp3) is 0.350. The van der Waals surface area contributed by atoms with Gasteiger partial charge in [-0.2, -0.15) is 4.31 Å². The topological polar surface area (TPSA) is 76.2 Å². The van der Waals surface area contributed by atoms with Crippen LogP contribution < -0.4 is 9.47 Å². The molecular weight excluding hydrogens is 435 g/mol. The van der Waals surface area contributed by atoms with Gasteiger partial charge >= 0.3 is 0 Å². The van der Waals surface area contributed by atoms with Crippen molar-refractivity contribution in [1.82, 2.24) is 9.21 Å². The van der Waals surface area contributed by atoms with Crippen LogP contribution in [0.3, 0.4) is 0 Å². The van der Waals surface area contributed by atoms with Crippen molar-refractivity contribution in [1.29, 1.82) is 0 Å². The van der Waals surface area contributed by atoms with Crippen molar-refractivity contribution in [3.05, 3.63) is 52.8 Å². The number of hydrogen-bond acceptors (Lipinski definition) is 5. The van der Waals surface area contributed by atoms with Crippen LogP contribution >= 0.6 is 11.6 Å². The van der Waals surface area contributed by atoms with Crippen molar-refractivity contribution in [2.24, 2.45) is 0 Å². The molecule has 0 spiro atoms. The second-order valence-corrected chi connectivity index (χ2v) is 9.04. The molecule has 1 saturated heterocycles. The summed E-state index contributed by atoms with van der Waals surface area (Å²) in [5.74, 6) is -0.110. The van der Waals surface area contributed by atoms with E-state index in [1.807, 2.05) is 0 Å². The predicted octanol–water partition coefficient (Wildman–Crippen LogP) is 3.03. The SMILES string of the molecule is COc1cc(C(=O)N2CCCN(S(=O)(=O)c3ccc(F)cc3)CC2)cc(Cl)c1OC. The van der Waals surface area contributed by atoms with E-state index in [1.165, 1.54) is 36.7 Å². The first-order valence-corrected chi connectivity index (χ1v) is 11.1. The summed E-state index contributed by atoms with van der Waals surface area (Å²) in [6, 6.07) is 7.75. The second kappa shape index (κ2) is 9.20. The summed E-state index contributed by atoms with van der Waals surface area (Å²) < 4.78 is 50.6. The smallest absolute Gasteiger partial charge is 0.254 e. The van der Waals surface area contributed by atoms with Crippen molar-refractivity contribution < 1.29 is 27.1 Å². The highest BCUT2D eigenvalue weighted by atomic mass is 35.5. The van der Waals surface area contributed by atoms with Crippen molar-refractivity contribution in [2.45, 2.75) is 11.3 Å². The van der Waals surface area contributed by atoms with Gasteiger partial charge in [0, 0.05) is 31.7 Å². The molecule has 1 aliphatic heterocycles. The third-order valence-electron chi connectivity index (χ3n) is 4.87. The molecule has 0 radical (unpaired) electrons. The summed E-state index contributed by atoms with van der Waals surface area (Å²) >= 11 is 6.20. The van der Waals surface area contributed by atoms with E-state index in [9.17, 15) is 17.6 Å². The minimum atomic E-state index is -3.77. The number of carbonyl (C=O) groups excluding carboxylic acids is 1. The van der Waals surface area contributed by atoms with Crippen LogP contribution in [0.2, 0.25) is 5.02 Å². The lowest BCUT2D eigenvalue weighted by molar-refractivity contribution is 0.0764. The van der Waals surface area contributed by atoms with Gasteiger partial charge in [0.25, 0.3) is 5.91 Å². The van der Waals surface area contributed by atoms with Crippen LogP contribution in [-0.2, 0) is 10.0 Å². The highest BCUT2D eigenvalue weighted by Gasteiger charge is 2.29. The van der Waals surface area contributed by atoms with Gasteiger partial charge in [-0.05, 0) is 42.8 Å². The Morgan fingerprint density at radius 1 is 1.03 bits per heavy atom. The number of sulfonamides is 1. The van der Waals surface area contributed by atoms with Gasteiger partial charge in [-0.15, -0.1) is 0 Å². The number of carbonyl (C=O) groups is 1.